The molecular weight excluding hydrogens is 986 g/mol. The topological polar surface area (TPSA) is 9.72 Å². The van der Waals surface area contributed by atoms with Crippen LogP contribution in [-0.4, -0.2) is 6.71 Å². The highest BCUT2D eigenvalue weighted by atomic mass is 32.1. The molecule has 1 aromatic heterocycles. The van der Waals surface area contributed by atoms with E-state index in [4.69, 9.17) is 0 Å². The Balaban J connectivity index is 1.19. The smallest absolute Gasteiger partial charge is 0.264 e. The van der Waals surface area contributed by atoms with Gasteiger partial charge in [-0.1, -0.05) is 165 Å². The molecule has 80 heavy (non-hydrogen) atoms. The minimum Gasteiger partial charge on any atom is -0.311 e. The van der Waals surface area contributed by atoms with Crippen molar-refractivity contribution in [3.05, 3.63) is 178 Å². The Morgan fingerprint density at radius 3 is 1.50 bits per heavy atom. The second-order valence-corrected chi connectivity index (χ2v) is 32.1. The molecule has 0 saturated carbocycles. The molecule has 7 aromatic carbocycles. The molecule has 408 valence electrons. The number of benzene rings is 7. The molecule has 0 fully saturated rings. The van der Waals surface area contributed by atoms with Crippen molar-refractivity contribution in [1.82, 2.24) is 0 Å². The first-order valence-corrected chi connectivity index (χ1v) is 31.2. The van der Waals surface area contributed by atoms with Crippen molar-refractivity contribution in [2.24, 2.45) is 0 Å². The van der Waals surface area contributed by atoms with E-state index in [-0.39, 0.29) is 50.0 Å². The van der Waals surface area contributed by atoms with E-state index in [0.717, 1.165) is 29.9 Å². The summed E-state index contributed by atoms with van der Waals surface area (Å²) in [5.41, 5.74) is 26.0. The Bertz CT molecular complexity index is 3830. The number of nitrogens with zero attached hydrogens (tertiary/aromatic N) is 3. The van der Waals surface area contributed by atoms with Crippen LogP contribution in [0.2, 0.25) is 0 Å². The van der Waals surface area contributed by atoms with Crippen LogP contribution in [0.5, 0.6) is 0 Å². The van der Waals surface area contributed by atoms with Gasteiger partial charge < -0.3 is 14.7 Å². The van der Waals surface area contributed by atoms with Crippen molar-refractivity contribution in [3.63, 3.8) is 0 Å². The van der Waals surface area contributed by atoms with Crippen LogP contribution in [0.4, 0.5) is 51.2 Å². The largest absolute Gasteiger partial charge is 0.311 e. The molecule has 0 amide bonds. The second kappa shape index (κ2) is 16.8. The van der Waals surface area contributed by atoms with Gasteiger partial charge in [0, 0.05) is 54.7 Å². The number of para-hydroxylation sites is 2. The van der Waals surface area contributed by atoms with Crippen LogP contribution in [0.15, 0.2) is 133 Å². The summed E-state index contributed by atoms with van der Waals surface area (Å²) in [4.78, 5) is 8.08. The van der Waals surface area contributed by atoms with E-state index in [2.05, 4.69) is 270 Å². The number of fused-ring (bicyclic) bond motifs is 7. The minimum absolute atomic E-state index is 0.00161. The van der Waals surface area contributed by atoms with Crippen LogP contribution in [-0.2, 0) is 43.3 Å². The Morgan fingerprint density at radius 2 is 0.938 bits per heavy atom. The Labute approximate surface area is 483 Å². The van der Waals surface area contributed by atoms with Crippen LogP contribution < -0.4 is 30.4 Å². The fraction of sp³-hybridized carbons (Fsp3) is 0.413. The number of hydrogen-bond donors (Lipinski definition) is 0. The van der Waals surface area contributed by atoms with Gasteiger partial charge in [-0.25, -0.2) is 0 Å². The summed E-state index contributed by atoms with van der Waals surface area (Å²) in [6.07, 6.45) is 8.24. The second-order valence-electron chi connectivity index (χ2n) is 31.0. The summed E-state index contributed by atoms with van der Waals surface area (Å²) in [5.74, 6) is 0. The van der Waals surface area contributed by atoms with Crippen LogP contribution >= 0.6 is 11.3 Å². The van der Waals surface area contributed by atoms with Crippen molar-refractivity contribution in [1.29, 1.82) is 0 Å². The number of anilines is 9. The molecular formula is C75H84BN3S. The highest BCUT2D eigenvalue weighted by Crippen LogP contribution is 2.60. The molecule has 2 atom stereocenters. The quantitative estimate of drug-likeness (QED) is 0.163. The van der Waals surface area contributed by atoms with Crippen molar-refractivity contribution in [2.45, 2.75) is 199 Å². The van der Waals surface area contributed by atoms with E-state index < -0.39 is 0 Å². The zero-order valence-corrected chi connectivity index (χ0v) is 51.8. The normalized spacial score (nSPS) is 22.3. The molecule has 6 aliphatic rings. The maximum absolute atomic E-state index is 2.80. The fourth-order valence-electron chi connectivity index (χ4n) is 16.2. The van der Waals surface area contributed by atoms with E-state index in [1.807, 2.05) is 0 Å². The van der Waals surface area contributed by atoms with Crippen LogP contribution in [0.3, 0.4) is 0 Å². The van der Waals surface area contributed by atoms with Gasteiger partial charge in [0.15, 0.2) is 0 Å². The van der Waals surface area contributed by atoms with Crippen molar-refractivity contribution < 1.29 is 0 Å². The molecule has 4 heterocycles. The van der Waals surface area contributed by atoms with Gasteiger partial charge in [-0.05, 0) is 223 Å². The summed E-state index contributed by atoms with van der Waals surface area (Å²) < 4.78 is 2.89. The zero-order chi connectivity index (χ0) is 56.2. The van der Waals surface area contributed by atoms with Crippen molar-refractivity contribution in [2.75, 3.05) is 14.7 Å². The summed E-state index contributed by atoms with van der Waals surface area (Å²) >= 11 is 2.09. The van der Waals surface area contributed by atoms with Gasteiger partial charge in [0.1, 0.15) is 0 Å². The van der Waals surface area contributed by atoms with Crippen LogP contribution in [0.25, 0.3) is 10.1 Å². The number of hydrogen-bond acceptors (Lipinski definition) is 4. The predicted molar refractivity (Wildman–Crippen MR) is 347 cm³/mol. The molecule has 0 saturated heterocycles. The van der Waals surface area contributed by atoms with Gasteiger partial charge in [0.2, 0.25) is 0 Å². The number of thiophene rings is 1. The summed E-state index contributed by atoms with van der Waals surface area (Å²) in [6.45, 7) is 39.8. The lowest BCUT2D eigenvalue weighted by atomic mass is 9.35. The van der Waals surface area contributed by atoms with E-state index in [0.29, 0.717) is 0 Å². The van der Waals surface area contributed by atoms with Crippen LogP contribution in [0.1, 0.15) is 200 Å². The summed E-state index contributed by atoms with van der Waals surface area (Å²) in [5, 5.41) is 1.41. The van der Waals surface area contributed by atoms with Gasteiger partial charge in [-0.15, -0.1) is 11.3 Å². The van der Waals surface area contributed by atoms with Crippen molar-refractivity contribution in [3.8, 4) is 0 Å². The van der Waals surface area contributed by atoms with Gasteiger partial charge in [-0.2, -0.15) is 0 Å². The Kier molecular flexibility index (Phi) is 10.9. The molecule has 8 aromatic rings. The van der Waals surface area contributed by atoms with E-state index in [9.17, 15) is 0 Å². The molecule has 4 bridgehead atoms. The standard InChI is InChI=1S/C75H84BN3S/c1-68(2,3)46-35-47(69(4,5)6)37-51(36-46)78-61-43-56-55(71(9,10)29-30-72(56,11)12)42-60(61)76-65-62(78)39-52(77(48-23-19-17-20-24-48)49-25-21-18-22-26-49)40-63(65)79-50-27-28-54-58(38-50)74(15,33-31-70(54,7)8)45-75(16)34-32-73(13,14)57-44-64-53(41-59(57)75)66(79)67(76)80-64/h17-28,35-44H,29-34,45H2,1-16H3. The average Bonchev–Trinajstić information content (AvgIpc) is 3.81. The maximum Gasteiger partial charge on any atom is 0.264 e. The molecule has 14 rings (SSSR count). The molecule has 0 N–H and O–H groups in total. The van der Waals surface area contributed by atoms with Crippen LogP contribution in [0, 0.1) is 0 Å². The monoisotopic (exact) mass is 1070 g/mol. The van der Waals surface area contributed by atoms with Gasteiger partial charge in [-0.3, -0.25) is 0 Å². The average molecular weight is 1070 g/mol. The van der Waals surface area contributed by atoms with Gasteiger partial charge in [0.05, 0.1) is 11.4 Å². The van der Waals surface area contributed by atoms with E-state index >= 15 is 0 Å². The summed E-state index contributed by atoms with van der Waals surface area (Å²) in [7, 11) is 0. The minimum atomic E-state index is -0.0798. The predicted octanol–water partition coefficient (Wildman–Crippen LogP) is 19.5. The molecule has 3 aliphatic carbocycles. The van der Waals surface area contributed by atoms with Crippen molar-refractivity contribution >= 4 is 95.0 Å². The number of rotatable bonds is 4. The van der Waals surface area contributed by atoms with E-state index in [1.165, 1.54) is 120 Å². The molecule has 2 unspecified atom stereocenters. The first-order chi connectivity index (χ1) is 37.6. The third kappa shape index (κ3) is 7.63. The highest BCUT2D eigenvalue weighted by molar-refractivity contribution is 7.33. The third-order valence-electron chi connectivity index (χ3n) is 21.4. The lowest BCUT2D eigenvalue weighted by molar-refractivity contribution is 0.208. The van der Waals surface area contributed by atoms with E-state index in [1.54, 1.807) is 16.7 Å². The Morgan fingerprint density at radius 1 is 0.438 bits per heavy atom. The third-order valence-corrected chi connectivity index (χ3v) is 22.6. The SMILES string of the molecule is CC(C)(C)c1cc(N2c3cc4c(cc3B3c5sc6cc7c8cc6c5N(c5ccc6c(c5)C(C)(CCC6(C)C)CC8(C)CCC7(C)C)c5cc(N(c6ccccc6)c6ccccc6)cc2c53)C(C)(C)CCC4(C)C)cc(C(C)(C)C)c1. The summed E-state index contributed by atoms with van der Waals surface area (Å²) in [6, 6.07) is 53.8. The Hall–Kier alpha value is -6.04. The highest BCUT2D eigenvalue weighted by Gasteiger charge is 2.52. The molecule has 0 spiro atoms. The first kappa shape index (κ1) is 52.1. The molecule has 3 nitrogen and oxygen atoms in total. The first-order valence-electron chi connectivity index (χ1n) is 30.4. The van der Waals surface area contributed by atoms with Gasteiger partial charge >= 0.3 is 0 Å². The zero-order valence-electron chi connectivity index (χ0n) is 51.0. The fourth-order valence-corrected chi connectivity index (χ4v) is 17.6. The maximum atomic E-state index is 2.80. The molecule has 0 radical (unpaired) electrons. The molecule has 3 aliphatic heterocycles. The van der Waals surface area contributed by atoms with Gasteiger partial charge in [0.25, 0.3) is 6.71 Å². The lowest BCUT2D eigenvalue weighted by Gasteiger charge is -2.51. The molecule has 5 heteroatoms. The lowest BCUT2D eigenvalue weighted by Crippen LogP contribution is -2.61.